The lowest BCUT2D eigenvalue weighted by molar-refractivity contribution is -0.154. The molecule has 5 nitrogen and oxygen atoms in total. The minimum atomic E-state index is -1.35. The molecule has 0 bridgehead atoms. The van der Waals surface area contributed by atoms with E-state index in [-0.39, 0.29) is 18.7 Å². The van der Waals surface area contributed by atoms with E-state index in [1.54, 1.807) is 0 Å². The number of rotatable bonds is 4. The minimum absolute atomic E-state index is 0.0190. The molecule has 0 spiro atoms. The van der Waals surface area contributed by atoms with Crippen LogP contribution in [0.1, 0.15) is 26.2 Å². The van der Waals surface area contributed by atoms with Gasteiger partial charge in [0.15, 0.2) is 17.5 Å². The summed E-state index contributed by atoms with van der Waals surface area (Å²) in [6.45, 7) is 2.18. The molecule has 1 aliphatic rings. The summed E-state index contributed by atoms with van der Waals surface area (Å²) in [7, 11) is 0. The number of esters is 1. The van der Waals surface area contributed by atoms with Crippen molar-refractivity contribution in [1.82, 2.24) is 0 Å². The molecule has 0 fully saturated rings. The lowest BCUT2D eigenvalue weighted by Crippen LogP contribution is -2.38. The van der Waals surface area contributed by atoms with Crippen molar-refractivity contribution in [1.29, 1.82) is 0 Å². The highest BCUT2D eigenvalue weighted by atomic mass is 16.5. The van der Waals surface area contributed by atoms with Crippen LogP contribution in [0.25, 0.3) is 0 Å². The van der Waals surface area contributed by atoms with Gasteiger partial charge in [-0.2, -0.15) is 0 Å². The predicted molar refractivity (Wildman–Crippen MR) is 56.3 cm³/mol. The molecular formula is C11H15NO4. The number of ether oxygens (including phenoxy) is 1. The second-order valence-corrected chi connectivity index (χ2v) is 3.65. The van der Waals surface area contributed by atoms with Crippen LogP contribution in [0.5, 0.6) is 0 Å². The van der Waals surface area contributed by atoms with Crippen LogP contribution in [0.2, 0.25) is 0 Å². The number of hydrogen-bond acceptors (Lipinski definition) is 5. The minimum Gasteiger partial charge on any atom is -0.465 e. The van der Waals surface area contributed by atoms with Gasteiger partial charge in [0, 0.05) is 6.42 Å². The van der Waals surface area contributed by atoms with Crippen molar-refractivity contribution in [3.63, 3.8) is 0 Å². The topological polar surface area (TPSA) is 86.5 Å². The maximum atomic E-state index is 11.5. The van der Waals surface area contributed by atoms with E-state index in [0.717, 1.165) is 6.42 Å². The highest BCUT2D eigenvalue weighted by Gasteiger charge is 2.38. The van der Waals surface area contributed by atoms with E-state index in [0.29, 0.717) is 6.42 Å². The second kappa shape index (κ2) is 5.44. The van der Waals surface area contributed by atoms with E-state index in [1.807, 2.05) is 6.92 Å². The molecule has 16 heavy (non-hydrogen) atoms. The Labute approximate surface area is 93.6 Å². The van der Waals surface area contributed by atoms with Crippen LogP contribution in [0.15, 0.2) is 11.8 Å². The van der Waals surface area contributed by atoms with Gasteiger partial charge in [0.1, 0.15) is 0 Å². The molecule has 0 radical (unpaired) electrons. The largest absolute Gasteiger partial charge is 0.465 e. The van der Waals surface area contributed by atoms with E-state index in [4.69, 9.17) is 10.5 Å². The Morgan fingerprint density at radius 1 is 1.56 bits per heavy atom. The zero-order chi connectivity index (χ0) is 12.1. The van der Waals surface area contributed by atoms with Crippen LogP contribution in [0, 0.1) is 5.92 Å². The van der Waals surface area contributed by atoms with Crippen molar-refractivity contribution < 1.29 is 19.1 Å². The Kier molecular flexibility index (Phi) is 4.22. The quantitative estimate of drug-likeness (QED) is 0.423. The fraction of sp³-hybridized carbons (Fsp3) is 0.545. The molecule has 0 aliphatic heterocycles. The van der Waals surface area contributed by atoms with E-state index in [2.05, 4.69) is 0 Å². The van der Waals surface area contributed by atoms with Crippen molar-refractivity contribution in [2.45, 2.75) is 26.2 Å². The van der Waals surface area contributed by atoms with Crippen molar-refractivity contribution >= 4 is 17.5 Å². The summed E-state index contributed by atoms with van der Waals surface area (Å²) < 4.78 is 4.85. The van der Waals surface area contributed by atoms with Gasteiger partial charge >= 0.3 is 5.97 Å². The standard InChI is InChI=1S/C11H15NO4/c1-2-3-6-16-11(15)9-8(13)5-4-7(12)10(9)14/h4,9H,2-3,5-6,12H2,1H3. The number of nitrogens with two attached hydrogens (primary N) is 1. The van der Waals surface area contributed by atoms with Crippen molar-refractivity contribution in [3.8, 4) is 0 Å². The average molecular weight is 225 g/mol. The first kappa shape index (κ1) is 12.4. The predicted octanol–water partition coefficient (Wildman–Crippen LogP) is 0.330. The third-order valence-corrected chi connectivity index (χ3v) is 2.37. The number of allylic oxidation sites excluding steroid dienone is 2. The average Bonchev–Trinajstić information content (AvgIpc) is 2.24. The fourth-order valence-corrected chi connectivity index (χ4v) is 1.38. The molecule has 5 heteroatoms. The third kappa shape index (κ3) is 2.68. The molecule has 0 heterocycles. The zero-order valence-electron chi connectivity index (χ0n) is 9.19. The van der Waals surface area contributed by atoms with Crippen LogP contribution in [0.3, 0.4) is 0 Å². The molecule has 0 saturated heterocycles. The number of ketones is 2. The van der Waals surface area contributed by atoms with Gasteiger partial charge in [-0.1, -0.05) is 19.4 Å². The van der Waals surface area contributed by atoms with Crippen LogP contribution < -0.4 is 5.73 Å². The molecule has 0 aromatic rings. The Morgan fingerprint density at radius 3 is 2.88 bits per heavy atom. The monoisotopic (exact) mass is 225 g/mol. The molecule has 1 unspecified atom stereocenters. The molecule has 1 atom stereocenters. The number of hydrogen-bond donors (Lipinski definition) is 1. The van der Waals surface area contributed by atoms with Crippen LogP contribution in [0.4, 0.5) is 0 Å². The van der Waals surface area contributed by atoms with Gasteiger partial charge in [-0.3, -0.25) is 14.4 Å². The van der Waals surface area contributed by atoms with Gasteiger partial charge < -0.3 is 10.5 Å². The van der Waals surface area contributed by atoms with Gasteiger partial charge in [0.25, 0.3) is 0 Å². The van der Waals surface area contributed by atoms with E-state index in [1.165, 1.54) is 6.08 Å². The van der Waals surface area contributed by atoms with E-state index < -0.39 is 23.5 Å². The number of Topliss-reactive ketones (excluding diaryl/α,β-unsaturated/α-hetero) is 2. The molecule has 0 amide bonds. The summed E-state index contributed by atoms with van der Waals surface area (Å²) in [5.74, 6) is -3.21. The van der Waals surface area contributed by atoms with Crippen LogP contribution in [-0.4, -0.2) is 24.1 Å². The summed E-state index contributed by atoms with van der Waals surface area (Å²) in [6.07, 6.45) is 2.94. The van der Waals surface area contributed by atoms with Gasteiger partial charge in [-0.25, -0.2) is 0 Å². The highest BCUT2D eigenvalue weighted by molar-refractivity contribution is 6.24. The molecular weight excluding hydrogens is 210 g/mol. The Hall–Kier alpha value is -1.65. The van der Waals surface area contributed by atoms with Gasteiger partial charge in [0.2, 0.25) is 0 Å². The van der Waals surface area contributed by atoms with Gasteiger partial charge in [0.05, 0.1) is 12.3 Å². The Bertz CT molecular complexity index is 346. The molecule has 1 rings (SSSR count). The van der Waals surface area contributed by atoms with Crippen LogP contribution in [-0.2, 0) is 19.1 Å². The molecule has 0 aromatic carbocycles. The second-order valence-electron chi connectivity index (χ2n) is 3.65. The first-order chi connectivity index (χ1) is 7.57. The number of carbonyl (C=O) groups is 3. The summed E-state index contributed by atoms with van der Waals surface area (Å²) in [4.78, 5) is 34.4. The number of unbranched alkanes of at least 4 members (excludes halogenated alkanes) is 1. The molecule has 2 N–H and O–H groups in total. The normalized spacial score (nSPS) is 20.6. The first-order valence-electron chi connectivity index (χ1n) is 5.27. The van der Waals surface area contributed by atoms with E-state index in [9.17, 15) is 14.4 Å². The zero-order valence-corrected chi connectivity index (χ0v) is 9.19. The van der Waals surface area contributed by atoms with Gasteiger partial charge in [-0.05, 0) is 6.42 Å². The first-order valence-corrected chi connectivity index (χ1v) is 5.27. The summed E-state index contributed by atoms with van der Waals surface area (Å²) >= 11 is 0. The lowest BCUT2D eigenvalue weighted by atomic mass is 9.90. The smallest absolute Gasteiger partial charge is 0.324 e. The third-order valence-electron chi connectivity index (χ3n) is 2.37. The summed E-state index contributed by atoms with van der Waals surface area (Å²) in [5.41, 5.74) is 5.34. The molecule has 0 saturated carbocycles. The number of carbonyl (C=O) groups excluding carboxylic acids is 3. The SMILES string of the molecule is CCCCOC(=O)C1C(=O)CC=C(N)C1=O. The maximum Gasteiger partial charge on any atom is 0.324 e. The highest BCUT2D eigenvalue weighted by Crippen LogP contribution is 2.16. The Balaban J connectivity index is 2.64. The van der Waals surface area contributed by atoms with Crippen molar-refractivity contribution in [3.05, 3.63) is 11.8 Å². The van der Waals surface area contributed by atoms with E-state index >= 15 is 0 Å². The van der Waals surface area contributed by atoms with Gasteiger partial charge in [-0.15, -0.1) is 0 Å². The maximum absolute atomic E-state index is 11.5. The molecule has 1 aliphatic carbocycles. The van der Waals surface area contributed by atoms with Crippen molar-refractivity contribution in [2.24, 2.45) is 11.7 Å². The summed E-state index contributed by atoms with van der Waals surface area (Å²) in [5, 5.41) is 0. The van der Waals surface area contributed by atoms with Crippen LogP contribution >= 0.6 is 0 Å². The summed E-state index contributed by atoms with van der Waals surface area (Å²) in [6, 6.07) is 0. The van der Waals surface area contributed by atoms with Crippen molar-refractivity contribution in [2.75, 3.05) is 6.61 Å². The Morgan fingerprint density at radius 2 is 2.25 bits per heavy atom. The molecule has 88 valence electrons. The lowest BCUT2D eigenvalue weighted by Gasteiger charge is -2.16. The fourth-order valence-electron chi connectivity index (χ4n) is 1.38. The molecule has 0 aromatic heterocycles.